The number of hydrogen-bond donors (Lipinski definition) is 1. The fraction of sp³-hybridized carbons (Fsp3) is 0.300. The third-order valence-electron chi connectivity index (χ3n) is 4.24. The van der Waals surface area contributed by atoms with E-state index in [4.69, 9.17) is 4.74 Å². The van der Waals surface area contributed by atoms with Crippen LogP contribution in [0, 0.1) is 6.92 Å². The smallest absolute Gasteiger partial charge is 0.331 e. The van der Waals surface area contributed by atoms with Crippen molar-refractivity contribution in [1.29, 1.82) is 0 Å². The molecule has 1 aromatic heterocycles. The number of anilines is 2. The Morgan fingerprint density at radius 1 is 1.19 bits per heavy atom. The number of nitrogens with one attached hydrogen (secondary N) is 1. The van der Waals surface area contributed by atoms with Gasteiger partial charge in [-0.3, -0.25) is 4.79 Å². The van der Waals surface area contributed by atoms with Gasteiger partial charge in [-0.1, -0.05) is 0 Å². The van der Waals surface area contributed by atoms with E-state index in [-0.39, 0.29) is 12.5 Å². The van der Waals surface area contributed by atoms with Crippen LogP contribution in [0.2, 0.25) is 0 Å². The molecule has 26 heavy (non-hydrogen) atoms. The van der Waals surface area contributed by atoms with Crippen LogP contribution in [0.15, 0.2) is 41.8 Å². The van der Waals surface area contributed by atoms with Gasteiger partial charge in [0.25, 0.3) is 5.91 Å². The van der Waals surface area contributed by atoms with Gasteiger partial charge in [-0.05, 0) is 67.1 Å². The summed E-state index contributed by atoms with van der Waals surface area (Å²) in [4.78, 5) is 27.0. The molecule has 0 aliphatic carbocycles. The first kappa shape index (κ1) is 18.2. The molecule has 2 heterocycles. The summed E-state index contributed by atoms with van der Waals surface area (Å²) in [6.45, 7) is 3.84. The molecule has 136 valence electrons. The van der Waals surface area contributed by atoms with Crippen LogP contribution in [0.3, 0.4) is 0 Å². The number of esters is 1. The van der Waals surface area contributed by atoms with Gasteiger partial charge in [0.05, 0.1) is 0 Å². The van der Waals surface area contributed by atoms with E-state index < -0.39 is 5.97 Å². The number of thiophene rings is 1. The Morgan fingerprint density at radius 3 is 2.58 bits per heavy atom. The van der Waals surface area contributed by atoms with E-state index in [2.05, 4.69) is 10.2 Å². The second kappa shape index (κ2) is 8.67. The number of carbonyl (C=O) groups excluding carboxylic acids is 2. The molecule has 0 spiro atoms. The van der Waals surface area contributed by atoms with Gasteiger partial charge in [-0.2, -0.15) is 0 Å². The molecule has 1 amide bonds. The van der Waals surface area contributed by atoms with E-state index in [0.29, 0.717) is 5.69 Å². The molecule has 0 unspecified atom stereocenters. The van der Waals surface area contributed by atoms with Crippen molar-refractivity contribution < 1.29 is 14.3 Å². The van der Waals surface area contributed by atoms with Crippen LogP contribution in [-0.4, -0.2) is 31.6 Å². The van der Waals surface area contributed by atoms with Crippen molar-refractivity contribution in [2.24, 2.45) is 0 Å². The summed E-state index contributed by atoms with van der Waals surface area (Å²) in [6.07, 6.45) is 5.50. The minimum atomic E-state index is -0.530. The predicted molar refractivity (Wildman–Crippen MR) is 106 cm³/mol. The van der Waals surface area contributed by atoms with E-state index in [9.17, 15) is 9.59 Å². The van der Waals surface area contributed by atoms with Crippen LogP contribution in [-0.2, 0) is 14.3 Å². The highest BCUT2D eigenvalue weighted by Gasteiger charge is 2.12. The Hall–Kier alpha value is -2.60. The first-order valence-corrected chi connectivity index (χ1v) is 9.53. The Kier molecular flexibility index (Phi) is 6.07. The minimum absolute atomic E-state index is 0.305. The van der Waals surface area contributed by atoms with Gasteiger partial charge in [0.2, 0.25) is 0 Å². The zero-order valence-corrected chi connectivity index (χ0v) is 15.6. The standard InChI is InChI=1S/C20H22N2O3S/c1-15-10-13-26-18(15)8-9-20(24)25-14-19(23)21-16-4-6-17(7-5-16)22-11-2-3-12-22/h4-10,13H,2-3,11-12,14H2,1H3,(H,21,23)/b9-8+. The molecule has 0 saturated carbocycles. The lowest BCUT2D eigenvalue weighted by Crippen LogP contribution is -2.20. The SMILES string of the molecule is Cc1ccsc1/C=C/C(=O)OCC(=O)Nc1ccc(N2CCCC2)cc1. The molecule has 1 saturated heterocycles. The molecular weight excluding hydrogens is 348 g/mol. The summed E-state index contributed by atoms with van der Waals surface area (Å²) >= 11 is 1.55. The predicted octanol–water partition coefficient (Wildman–Crippen LogP) is 3.85. The molecule has 5 nitrogen and oxygen atoms in total. The summed E-state index contributed by atoms with van der Waals surface area (Å²) < 4.78 is 4.98. The summed E-state index contributed by atoms with van der Waals surface area (Å²) in [5.41, 5.74) is 2.97. The van der Waals surface area contributed by atoms with E-state index in [1.54, 1.807) is 17.4 Å². The van der Waals surface area contributed by atoms with Crippen molar-refractivity contribution >= 4 is 40.7 Å². The van der Waals surface area contributed by atoms with Crippen LogP contribution in [0.5, 0.6) is 0 Å². The first-order valence-electron chi connectivity index (χ1n) is 8.65. The quantitative estimate of drug-likeness (QED) is 0.620. The molecule has 6 heteroatoms. The number of nitrogens with zero attached hydrogens (tertiary/aromatic N) is 1. The third kappa shape index (κ3) is 4.95. The maximum atomic E-state index is 11.9. The molecule has 0 radical (unpaired) electrons. The molecule has 1 aromatic carbocycles. The fourth-order valence-corrected chi connectivity index (χ4v) is 3.63. The largest absolute Gasteiger partial charge is 0.452 e. The highest BCUT2D eigenvalue weighted by atomic mass is 32.1. The van der Waals surface area contributed by atoms with Gasteiger partial charge in [0.15, 0.2) is 6.61 Å². The van der Waals surface area contributed by atoms with Gasteiger partial charge in [-0.25, -0.2) is 4.79 Å². The van der Waals surface area contributed by atoms with E-state index in [1.165, 1.54) is 24.6 Å². The second-order valence-corrected chi connectivity index (χ2v) is 7.15. The first-order chi connectivity index (χ1) is 12.6. The van der Waals surface area contributed by atoms with Crippen LogP contribution in [0.25, 0.3) is 6.08 Å². The minimum Gasteiger partial charge on any atom is -0.452 e. The molecule has 1 aliphatic heterocycles. The van der Waals surface area contributed by atoms with E-state index in [0.717, 1.165) is 23.5 Å². The highest BCUT2D eigenvalue weighted by molar-refractivity contribution is 7.11. The Morgan fingerprint density at radius 2 is 1.92 bits per heavy atom. The number of ether oxygens (including phenoxy) is 1. The van der Waals surface area contributed by atoms with E-state index in [1.807, 2.05) is 42.6 Å². The topological polar surface area (TPSA) is 58.6 Å². The lowest BCUT2D eigenvalue weighted by atomic mass is 10.2. The number of hydrogen-bond acceptors (Lipinski definition) is 5. The number of amides is 1. The van der Waals surface area contributed by atoms with Crippen molar-refractivity contribution in [3.05, 3.63) is 52.2 Å². The van der Waals surface area contributed by atoms with Crippen molar-refractivity contribution in [3.63, 3.8) is 0 Å². The van der Waals surface area contributed by atoms with Gasteiger partial charge in [0.1, 0.15) is 0 Å². The molecule has 3 rings (SSSR count). The van der Waals surface area contributed by atoms with Gasteiger partial charge in [-0.15, -0.1) is 11.3 Å². The van der Waals surface area contributed by atoms with Crippen molar-refractivity contribution in [2.45, 2.75) is 19.8 Å². The van der Waals surface area contributed by atoms with Gasteiger partial charge >= 0.3 is 5.97 Å². The molecule has 2 aromatic rings. The summed E-state index contributed by atoms with van der Waals surface area (Å²) in [7, 11) is 0. The monoisotopic (exact) mass is 370 g/mol. The molecular formula is C20H22N2O3S. The number of carbonyl (C=O) groups is 2. The fourth-order valence-electron chi connectivity index (χ4n) is 2.81. The number of aryl methyl sites for hydroxylation is 1. The summed E-state index contributed by atoms with van der Waals surface area (Å²) in [5.74, 6) is -0.884. The molecule has 1 fully saturated rings. The average Bonchev–Trinajstić information content (AvgIpc) is 3.31. The number of rotatable bonds is 6. The van der Waals surface area contributed by atoms with Crippen molar-refractivity contribution in [1.82, 2.24) is 0 Å². The van der Waals surface area contributed by atoms with Crippen LogP contribution < -0.4 is 10.2 Å². The second-order valence-electron chi connectivity index (χ2n) is 6.20. The highest BCUT2D eigenvalue weighted by Crippen LogP contribution is 2.22. The van der Waals surface area contributed by atoms with Gasteiger partial charge < -0.3 is 15.0 Å². The zero-order valence-electron chi connectivity index (χ0n) is 14.7. The normalized spacial score (nSPS) is 14.0. The molecule has 0 bridgehead atoms. The third-order valence-corrected chi connectivity index (χ3v) is 5.22. The van der Waals surface area contributed by atoms with Crippen molar-refractivity contribution in [3.8, 4) is 0 Å². The lowest BCUT2D eigenvalue weighted by molar-refractivity contribution is -0.142. The average molecular weight is 370 g/mol. The molecule has 1 N–H and O–H groups in total. The van der Waals surface area contributed by atoms with Crippen LogP contribution >= 0.6 is 11.3 Å². The van der Waals surface area contributed by atoms with Crippen LogP contribution in [0.1, 0.15) is 23.3 Å². The Bertz CT molecular complexity index is 790. The van der Waals surface area contributed by atoms with Gasteiger partial charge in [0, 0.05) is 35.4 Å². The molecule has 1 aliphatic rings. The van der Waals surface area contributed by atoms with Crippen molar-refractivity contribution in [2.75, 3.05) is 29.9 Å². The Labute approximate surface area is 157 Å². The molecule has 0 atom stereocenters. The Balaban J connectivity index is 1.44. The summed E-state index contributed by atoms with van der Waals surface area (Å²) in [5, 5.41) is 4.70. The van der Waals surface area contributed by atoms with E-state index >= 15 is 0 Å². The summed E-state index contributed by atoms with van der Waals surface area (Å²) in [6, 6.07) is 9.72. The van der Waals surface area contributed by atoms with Crippen LogP contribution in [0.4, 0.5) is 11.4 Å². The lowest BCUT2D eigenvalue weighted by Gasteiger charge is -2.17. The maximum Gasteiger partial charge on any atom is 0.331 e. The zero-order chi connectivity index (χ0) is 18.4. The maximum absolute atomic E-state index is 11.9. The number of benzene rings is 1.